The van der Waals surface area contributed by atoms with Crippen molar-refractivity contribution in [3.63, 3.8) is 0 Å². The van der Waals surface area contributed by atoms with E-state index >= 15 is 0 Å². The number of likely N-dealkylation sites (tertiary alicyclic amines) is 1. The van der Waals surface area contributed by atoms with Crippen LogP contribution in [0.4, 0.5) is 0 Å². The topological polar surface area (TPSA) is 71.9 Å². The highest BCUT2D eigenvalue weighted by molar-refractivity contribution is 5.70. The molecule has 0 spiro atoms. The Morgan fingerprint density at radius 1 is 1.25 bits per heavy atom. The van der Waals surface area contributed by atoms with Gasteiger partial charge in [-0.05, 0) is 69.1 Å². The third-order valence-corrected chi connectivity index (χ3v) is 5.26. The van der Waals surface area contributed by atoms with E-state index in [1.165, 1.54) is 0 Å². The minimum absolute atomic E-state index is 0.0551. The van der Waals surface area contributed by atoms with Gasteiger partial charge in [-0.3, -0.25) is 14.7 Å². The maximum Gasteiger partial charge on any atom is 0.306 e. The molecule has 0 aliphatic carbocycles. The Kier molecular flexibility index (Phi) is 6.52. The van der Waals surface area contributed by atoms with Gasteiger partial charge in [0.25, 0.3) is 0 Å². The number of ether oxygens (including phenoxy) is 2. The van der Waals surface area contributed by atoms with Crippen molar-refractivity contribution in [2.24, 2.45) is 5.92 Å². The van der Waals surface area contributed by atoms with E-state index in [1.54, 1.807) is 7.11 Å². The number of methoxy groups -OCH3 is 1. The van der Waals surface area contributed by atoms with Gasteiger partial charge in [0, 0.05) is 6.20 Å². The third kappa shape index (κ3) is 4.44. The lowest BCUT2D eigenvalue weighted by Crippen LogP contribution is -2.39. The van der Waals surface area contributed by atoms with Crippen molar-refractivity contribution in [3.8, 4) is 11.5 Å². The molecule has 1 aromatic heterocycles. The number of hydrogen-bond acceptors (Lipinski definition) is 5. The summed E-state index contributed by atoms with van der Waals surface area (Å²) in [6.45, 7) is 5.95. The Hall–Kier alpha value is -2.60. The minimum Gasteiger partial charge on any atom is -0.493 e. The van der Waals surface area contributed by atoms with Crippen molar-refractivity contribution in [2.45, 2.75) is 32.7 Å². The van der Waals surface area contributed by atoms with Crippen LogP contribution >= 0.6 is 0 Å². The molecule has 2 heterocycles. The van der Waals surface area contributed by atoms with Crippen LogP contribution in [0.3, 0.4) is 0 Å². The molecular weight excluding hydrogens is 356 g/mol. The van der Waals surface area contributed by atoms with Crippen LogP contribution in [0.1, 0.15) is 42.6 Å². The van der Waals surface area contributed by atoms with Crippen molar-refractivity contribution >= 4 is 5.97 Å². The molecule has 150 valence electrons. The van der Waals surface area contributed by atoms with Crippen LogP contribution in [-0.4, -0.2) is 47.8 Å². The second-order valence-electron chi connectivity index (χ2n) is 7.15. The summed E-state index contributed by atoms with van der Waals surface area (Å²) >= 11 is 0. The van der Waals surface area contributed by atoms with Gasteiger partial charge in [-0.15, -0.1) is 0 Å². The van der Waals surface area contributed by atoms with Crippen molar-refractivity contribution < 1.29 is 19.4 Å². The molecule has 1 atom stereocenters. The van der Waals surface area contributed by atoms with Crippen LogP contribution in [0, 0.1) is 12.8 Å². The average Bonchev–Trinajstić information content (AvgIpc) is 2.70. The zero-order valence-electron chi connectivity index (χ0n) is 16.7. The Morgan fingerprint density at radius 2 is 2.00 bits per heavy atom. The van der Waals surface area contributed by atoms with Crippen LogP contribution in [0.25, 0.3) is 0 Å². The lowest BCUT2D eigenvalue weighted by molar-refractivity contribution is -0.143. The number of aromatic nitrogens is 1. The number of benzene rings is 1. The fraction of sp³-hybridized carbons (Fsp3) is 0.455. The van der Waals surface area contributed by atoms with Crippen LogP contribution in [0.15, 0.2) is 36.5 Å². The summed E-state index contributed by atoms with van der Waals surface area (Å²) in [4.78, 5) is 18.3. The first-order valence-electron chi connectivity index (χ1n) is 9.73. The molecule has 6 heteroatoms. The molecule has 1 aliphatic heterocycles. The maximum absolute atomic E-state index is 11.3. The lowest BCUT2D eigenvalue weighted by atomic mass is 9.93. The fourth-order valence-electron chi connectivity index (χ4n) is 3.75. The lowest BCUT2D eigenvalue weighted by Gasteiger charge is -2.36. The van der Waals surface area contributed by atoms with Gasteiger partial charge in [-0.25, -0.2) is 0 Å². The quantitative estimate of drug-likeness (QED) is 0.785. The van der Waals surface area contributed by atoms with Gasteiger partial charge in [0.05, 0.1) is 31.4 Å². The van der Waals surface area contributed by atoms with Crippen molar-refractivity contribution in [2.75, 3.05) is 26.8 Å². The fourth-order valence-corrected chi connectivity index (χ4v) is 3.75. The van der Waals surface area contributed by atoms with Crippen LogP contribution in [0.2, 0.25) is 0 Å². The largest absolute Gasteiger partial charge is 0.493 e. The van der Waals surface area contributed by atoms with E-state index in [0.717, 1.165) is 16.8 Å². The molecule has 1 saturated heterocycles. The van der Waals surface area contributed by atoms with Crippen LogP contribution < -0.4 is 9.47 Å². The number of hydrogen-bond donors (Lipinski definition) is 1. The zero-order chi connectivity index (χ0) is 20.1. The highest BCUT2D eigenvalue weighted by Gasteiger charge is 2.31. The van der Waals surface area contributed by atoms with E-state index in [1.807, 2.05) is 44.3 Å². The predicted octanol–water partition coefficient (Wildman–Crippen LogP) is 3.68. The summed E-state index contributed by atoms with van der Waals surface area (Å²) < 4.78 is 11.2. The Morgan fingerprint density at radius 3 is 2.57 bits per heavy atom. The van der Waals surface area contributed by atoms with Gasteiger partial charge in [0.15, 0.2) is 11.5 Å². The SMILES string of the molecule is CCOc1cc(C(c2ccc(C)cn2)N2CCC(C(=O)O)CC2)ccc1OC. The zero-order valence-corrected chi connectivity index (χ0v) is 16.7. The molecular formula is C22H28N2O4. The number of carboxylic acids is 1. The number of carboxylic acid groups (broad SMARTS) is 1. The molecule has 3 rings (SSSR count). The average molecular weight is 384 g/mol. The maximum atomic E-state index is 11.3. The Bertz CT molecular complexity index is 799. The first-order chi connectivity index (χ1) is 13.5. The van der Waals surface area contributed by atoms with Crippen molar-refractivity contribution in [1.29, 1.82) is 0 Å². The molecule has 1 unspecified atom stereocenters. The van der Waals surface area contributed by atoms with Crippen molar-refractivity contribution in [1.82, 2.24) is 9.88 Å². The van der Waals surface area contributed by atoms with E-state index in [9.17, 15) is 9.90 Å². The molecule has 1 aliphatic rings. The highest BCUT2D eigenvalue weighted by atomic mass is 16.5. The van der Waals surface area contributed by atoms with Gasteiger partial charge in [0.1, 0.15) is 0 Å². The molecule has 6 nitrogen and oxygen atoms in total. The number of pyridine rings is 1. The van der Waals surface area contributed by atoms with Gasteiger partial charge < -0.3 is 14.6 Å². The summed E-state index contributed by atoms with van der Waals surface area (Å²) in [6.07, 6.45) is 3.16. The molecule has 1 aromatic carbocycles. The van der Waals surface area contributed by atoms with E-state index in [0.29, 0.717) is 44.0 Å². The molecule has 28 heavy (non-hydrogen) atoms. The summed E-state index contributed by atoms with van der Waals surface area (Å²) in [5.41, 5.74) is 3.12. The molecule has 1 fully saturated rings. The van der Waals surface area contributed by atoms with E-state index in [-0.39, 0.29) is 12.0 Å². The second kappa shape index (κ2) is 9.06. The number of aryl methyl sites for hydroxylation is 1. The number of aliphatic carboxylic acids is 1. The van der Waals surface area contributed by atoms with E-state index in [2.05, 4.69) is 16.0 Å². The normalized spacial score (nSPS) is 16.5. The molecule has 0 amide bonds. The Balaban J connectivity index is 1.96. The number of carbonyl (C=O) groups is 1. The molecule has 0 saturated carbocycles. The molecule has 0 radical (unpaired) electrons. The minimum atomic E-state index is -0.701. The van der Waals surface area contributed by atoms with Crippen LogP contribution in [0.5, 0.6) is 11.5 Å². The molecule has 1 N–H and O–H groups in total. The summed E-state index contributed by atoms with van der Waals surface area (Å²) in [5, 5.41) is 9.32. The van der Waals surface area contributed by atoms with Crippen molar-refractivity contribution in [3.05, 3.63) is 53.3 Å². The second-order valence-corrected chi connectivity index (χ2v) is 7.15. The van der Waals surface area contributed by atoms with Gasteiger partial charge in [0.2, 0.25) is 0 Å². The first-order valence-corrected chi connectivity index (χ1v) is 9.73. The van der Waals surface area contributed by atoms with E-state index < -0.39 is 5.97 Å². The monoisotopic (exact) mass is 384 g/mol. The third-order valence-electron chi connectivity index (χ3n) is 5.26. The summed E-state index contributed by atoms with van der Waals surface area (Å²) in [6, 6.07) is 10.0. The van der Waals surface area contributed by atoms with E-state index in [4.69, 9.17) is 9.47 Å². The Labute approximate surface area is 166 Å². The highest BCUT2D eigenvalue weighted by Crippen LogP contribution is 2.36. The molecule has 2 aromatic rings. The van der Waals surface area contributed by atoms with Gasteiger partial charge in [-0.1, -0.05) is 12.1 Å². The van der Waals surface area contributed by atoms with Crippen LogP contribution in [-0.2, 0) is 4.79 Å². The number of piperidine rings is 1. The summed E-state index contributed by atoms with van der Waals surface area (Å²) in [5.74, 6) is 0.441. The first kappa shape index (κ1) is 20.1. The predicted molar refractivity (Wildman–Crippen MR) is 107 cm³/mol. The molecule has 0 bridgehead atoms. The number of rotatable bonds is 7. The summed E-state index contributed by atoms with van der Waals surface area (Å²) in [7, 11) is 1.63. The standard InChI is InChI=1S/C22H28N2O4/c1-4-28-20-13-17(6-8-19(20)27-3)21(18-7-5-15(2)14-23-18)24-11-9-16(10-12-24)22(25)26/h5-8,13-14,16,21H,4,9-12H2,1-3H3,(H,25,26). The van der Waals surface area contributed by atoms with Gasteiger partial charge in [-0.2, -0.15) is 0 Å². The van der Waals surface area contributed by atoms with Gasteiger partial charge >= 0.3 is 5.97 Å². The number of nitrogens with zero attached hydrogens (tertiary/aromatic N) is 2. The smallest absolute Gasteiger partial charge is 0.306 e.